The molecule has 2 atom stereocenters. The van der Waals surface area contributed by atoms with E-state index in [9.17, 15) is 0 Å². The van der Waals surface area contributed by atoms with Gasteiger partial charge in [0.1, 0.15) is 0 Å². The van der Waals surface area contributed by atoms with Crippen LogP contribution in [0.3, 0.4) is 0 Å². The third-order valence-corrected chi connectivity index (χ3v) is 4.01. The van der Waals surface area contributed by atoms with E-state index in [2.05, 4.69) is 67.1 Å². The third-order valence-electron chi connectivity index (χ3n) is 3.32. The van der Waals surface area contributed by atoms with Crippen molar-refractivity contribution in [3.63, 3.8) is 0 Å². The smallest absolute Gasteiger partial charge is 0.0357 e. The van der Waals surface area contributed by atoms with Crippen LogP contribution in [0.5, 0.6) is 0 Å². The quantitative estimate of drug-likeness (QED) is 0.792. The minimum atomic E-state index is 0.454. The first kappa shape index (κ1) is 14.7. The summed E-state index contributed by atoms with van der Waals surface area (Å²) in [4.78, 5) is 0. The zero-order valence-corrected chi connectivity index (χ0v) is 13.0. The number of aryl methyl sites for hydroxylation is 1. The van der Waals surface area contributed by atoms with Crippen molar-refractivity contribution >= 4 is 15.9 Å². The minimum absolute atomic E-state index is 0.454. The van der Waals surface area contributed by atoms with Crippen LogP contribution in [0, 0.1) is 12.8 Å². The molecule has 17 heavy (non-hydrogen) atoms. The summed E-state index contributed by atoms with van der Waals surface area (Å²) < 4.78 is 1.23. The molecule has 0 saturated carbocycles. The highest BCUT2D eigenvalue weighted by Crippen LogP contribution is 2.30. The standard InChI is InChI=1S/C15H24BrN/c1-5-9-17-15(12(4)6-2)13-8-7-11(3)10-14(13)16/h7-8,10,12,15,17H,5-6,9H2,1-4H3. The average molecular weight is 298 g/mol. The van der Waals surface area contributed by atoms with E-state index in [0.29, 0.717) is 12.0 Å². The Morgan fingerprint density at radius 2 is 2.00 bits per heavy atom. The van der Waals surface area contributed by atoms with Gasteiger partial charge in [-0.25, -0.2) is 0 Å². The molecule has 1 nitrogen and oxygen atoms in total. The van der Waals surface area contributed by atoms with Crippen molar-refractivity contribution in [3.05, 3.63) is 33.8 Å². The Hall–Kier alpha value is -0.340. The molecule has 96 valence electrons. The van der Waals surface area contributed by atoms with Crippen LogP contribution < -0.4 is 5.32 Å². The second-order valence-corrected chi connectivity index (χ2v) is 5.70. The van der Waals surface area contributed by atoms with Gasteiger partial charge in [-0.3, -0.25) is 0 Å². The lowest BCUT2D eigenvalue weighted by Gasteiger charge is -2.26. The highest BCUT2D eigenvalue weighted by molar-refractivity contribution is 9.10. The van der Waals surface area contributed by atoms with Crippen LogP contribution in [0.25, 0.3) is 0 Å². The first-order chi connectivity index (χ1) is 8.10. The largest absolute Gasteiger partial charge is 0.310 e. The van der Waals surface area contributed by atoms with Crippen molar-refractivity contribution in [2.24, 2.45) is 5.92 Å². The zero-order valence-electron chi connectivity index (χ0n) is 11.4. The zero-order chi connectivity index (χ0) is 12.8. The molecule has 1 rings (SSSR count). The Kier molecular flexibility index (Phi) is 6.21. The highest BCUT2D eigenvalue weighted by atomic mass is 79.9. The molecule has 2 unspecified atom stereocenters. The molecular weight excluding hydrogens is 274 g/mol. The van der Waals surface area contributed by atoms with Crippen molar-refractivity contribution in [2.45, 2.75) is 46.6 Å². The van der Waals surface area contributed by atoms with Crippen molar-refractivity contribution in [3.8, 4) is 0 Å². The van der Waals surface area contributed by atoms with Crippen LogP contribution >= 0.6 is 15.9 Å². The van der Waals surface area contributed by atoms with E-state index in [1.807, 2.05) is 0 Å². The van der Waals surface area contributed by atoms with Gasteiger partial charge >= 0.3 is 0 Å². The van der Waals surface area contributed by atoms with Gasteiger partial charge in [0.25, 0.3) is 0 Å². The fraction of sp³-hybridized carbons (Fsp3) is 0.600. The summed E-state index contributed by atoms with van der Waals surface area (Å²) in [5.41, 5.74) is 2.69. The molecule has 1 aromatic rings. The molecule has 2 heteroatoms. The second kappa shape index (κ2) is 7.17. The number of halogens is 1. The van der Waals surface area contributed by atoms with Crippen LogP contribution in [0.15, 0.2) is 22.7 Å². The minimum Gasteiger partial charge on any atom is -0.310 e. The van der Waals surface area contributed by atoms with E-state index in [1.54, 1.807) is 0 Å². The van der Waals surface area contributed by atoms with Crippen LogP contribution in [-0.4, -0.2) is 6.54 Å². The molecule has 0 saturated heterocycles. The van der Waals surface area contributed by atoms with Gasteiger partial charge in [0, 0.05) is 10.5 Å². The number of hydrogen-bond donors (Lipinski definition) is 1. The first-order valence-electron chi connectivity index (χ1n) is 6.59. The van der Waals surface area contributed by atoms with Gasteiger partial charge in [-0.15, -0.1) is 0 Å². The fourth-order valence-corrected chi connectivity index (χ4v) is 2.78. The summed E-state index contributed by atoms with van der Waals surface area (Å²) in [7, 11) is 0. The van der Waals surface area contributed by atoms with Crippen molar-refractivity contribution in [1.82, 2.24) is 5.32 Å². The summed E-state index contributed by atoms with van der Waals surface area (Å²) >= 11 is 3.70. The predicted molar refractivity (Wildman–Crippen MR) is 79.4 cm³/mol. The van der Waals surface area contributed by atoms with E-state index in [0.717, 1.165) is 6.54 Å². The molecule has 0 heterocycles. The molecule has 0 aliphatic heterocycles. The Bertz CT molecular complexity index is 349. The number of benzene rings is 1. The van der Waals surface area contributed by atoms with Gasteiger partial charge in [-0.1, -0.05) is 55.3 Å². The lowest BCUT2D eigenvalue weighted by Crippen LogP contribution is -2.27. The number of hydrogen-bond acceptors (Lipinski definition) is 1. The van der Waals surface area contributed by atoms with Gasteiger partial charge in [0.2, 0.25) is 0 Å². The summed E-state index contributed by atoms with van der Waals surface area (Å²) in [6, 6.07) is 7.11. The lowest BCUT2D eigenvalue weighted by atomic mass is 9.92. The van der Waals surface area contributed by atoms with Crippen LogP contribution in [0.2, 0.25) is 0 Å². The SMILES string of the molecule is CCCNC(c1ccc(C)cc1Br)C(C)CC. The van der Waals surface area contributed by atoms with E-state index in [4.69, 9.17) is 0 Å². The monoisotopic (exact) mass is 297 g/mol. The summed E-state index contributed by atoms with van der Waals surface area (Å²) in [6.45, 7) is 10.00. The van der Waals surface area contributed by atoms with E-state index >= 15 is 0 Å². The van der Waals surface area contributed by atoms with Crippen molar-refractivity contribution in [2.75, 3.05) is 6.54 Å². The van der Waals surface area contributed by atoms with Gasteiger partial charge in [-0.05, 0) is 43.0 Å². The maximum absolute atomic E-state index is 3.70. The Morgan fingerprint density at radius 3 is 2.53 bits per heavy atom. The normalized spacial score (nSPS) is 14.6. The lowest BCUT2D eigenvalue weighted by molar-refractivity contribution is 0.376. The highest BCUT2D eigenvalue weighted by Gasteiger charge is 2.19. The van der Waals surface area contributed by atoms with Crippen LogP contribution in [0.4, 0.5) is 0 Å². The first-order valence-corrected chi connectivity index (χ1v) is 7.38. The number of nitrogens with one attached hydrogen (secondary N) is 1. The Morgan fingerprint density at radius 1 is 1.29 bits per heavy atom. The van der Waals surface area contributed by atoms with Gasteiger partial charge in [0.05, 0.1) is 0 Å². The maximum atomic E-state index is 3.70. The molecule has 0 aliphatic carbocycles. The molecule has 0 aliphatic rings. The van der Waals surface area contributed by atoms with Crippen LogP contribution in [0.1, 0.15) is 50.8 Å². The van der Waals surface area contributed by atoms with E-state index in [-0.39, 0.29) is 0 Å². The molecule has 1 aromatic carbocycles. The number of rotatable bonds is 6. The van der Waals surface area contributed by atoms with E-state index in [1.165, 1.54) is 28.4 Å². The van der Waals surface area contributed by atoms with Crippen LogP contribution in [-0.2, 0) is 0 Å². The Balaban J connectivity index is 2.95. The van der Waals surface area contributed by atoms with Crippen molar-refractivity contribution < 1.29 is 0 Å². The average Bonchev–Trinajstić information content (AvgIpc) is 2.31. The van der Waals surface area contributed by atoms with Gasteiger partial charge < -0.3 is 5.32 Å². The summed E-state index contributed by atoms with van der Waals surface area (Å²) in [6.07, 6.45) is 2.37. The predicted octanol–water partition coefficient (Wildman–Crippen LogP) is 4.84. The van der Waals surface area contributed by atoms with E-state index < -0.39 is 0 Å². The van der Waals surface area contributed by atoms with Crippen molar-refractivity contribution in [1.29, 1.82) is 0 Å². The second-order valence-electron chi connectivity index (χ2n) is 4.84. The van der Waals surface area contributed by atoms with Gasteiger partial charge in [0.15, 0.2) is 0 Å². The Labute approximate surface area is 114 Å². The molecule has 0 radical (unpaired) electrons. The topological polar surface area (TPSA) is 12.0 Å². The molecule has 0 bridgehead atoms. The van der Waals surface area contributed by atoms with Gasteiger partial charge in [-0.2, -0.15) is 0 Å². The summed E-state index contributed by atoms with van der Waals surface area (Å²) in [5, 5.41) is 3.67. The maximum Gasteiger partial charge on any atom is 0.0357 e. The molecule has 1 N–H and O–H groups in total. The molecule has 0 amide bonds. The molecule has 0 spiro atoms. The molecule has 0 aromatic heterocycles. The molecular formula is C15H24BrN. The summed E-state index contributed by atoms with van der Waals surface area (Å²) in [5.74, 6) is 0.653. The molecule has 0 fully saturated rings. The third kappa shape index (κ3) is 4.11. The fourth-order valence-electron chi connectivity index (χ4n) is 2.04.